The smallest absolute Gasteiger partial charge is 1.00 e. The zero-order chi connectivity index (χ0) is 34.4. The fourth-order valence-corrected chi connectivity index (χ4v) is 5.27. The minimum atomic E-state index is -4.23. The summed E-state index contributed by atoms with van der Waals surface area (Å²) in [6.07, 6.45) is 2.72. The van der Waals surface area contributed by atoms with Crippen LogP contribution in [-0.2, 0) is 41.2 Å². The summed E-state index contributed by atoms with van der Waals surface area (Å²) in [5.41, 5.74) is 5.80. The summed E-state index contributed by atoms with van der Waals surface area (Å²) >= 11 is 1.30. The number of hydrogen-bond donors (Lipinski definition) is 0. The molecule has 1 atom stereocenters. The van der Waals surface area contributed by atoms with Crippen molar-refractivity contribution in [1.82, 2.24) is 0 Å². The standard InChI is InChI=1S/C21H25.C12H19.C7H4F3.CH2.2ClH.Zr/c1-20(2,3)16-7-9-18-14(12-16)11-15-13-17(21(4,5)6)8-10-19(15)18;1-6-10-7-9(2)8-11(10)12(3,4)5;8-7(9,10)6-4-2-1-3-5-6;;;;/h7-13H,1-6H3;8-9H,6H2,1-5H3;2-5H;1H2;2*1H;/q3*-1;;;;+2/p-2. The SMILES string of the molecule is CC(C)(C)c1ccc2c(c1)[cH-]c1cc(C(C)(C)C)ccc12.CCC1=[C-]C(C)C=C1C(C)(C)C.FC(F)(F)c1cc[c-]cc1.[CH2]=[Zr+2].[Cl-].[Cl-]. The van der Waals surface area contributed by atoms with E-state index in [0.717, 1.165) is 18.6 Å². The molecular weight excluding hydrogens is 712 g/mol. The quantitative estimate of drug-likeness (QED) is 0.194. The Hall–Kier alpha value is -1.87. The van der Waals surface area contributed by atoms with Crippen LogP contribution in [-0.4, -0.2) is 4.21 Å². The molecule has 1 aliphatic carbocycles. The van der Waals surface area contributed by atoms with Gasteiger partial charge in [-0.25, -0.2) is 5.57 Å². The van der Waals surface area contributed by atoms with Gasteiger partial charge in [0.1, 0.15) is 0 Å². The van der Waals surface area contributed by atoms with Crippen molar-refractivity contribution in [2.24, 2.45) is 11.3 Å². The number of hydrogen-bond acceptors (Lipinski definition) is 0. The van der Waals surface area contributed by atoms with Crippen molar-refractivity contribution in [2.75, 3.05) is 0 Å². The van der Waals surface area contributed by atoms with Crippen molar-refractivity contribution in [3.05, 3.63) is 113 Å². The molecule has 0 bridgehead atoms. The maximum absolute atomic E-state index is 11.8. The molecule has 1 unspecified atom stereocenters. The van der Waals surface area contributed by atoms with Gasteiger partial charge in [0, 0.05) is 0 Å². The summed E-state index contributed by atoms with van der Waals surface area (Å²) in [6.45, 7) is 24.9. The fourth-order valence-electron chi connectivity index (χ4n) is 5.27. The molecule has 0 heterocycles. The van der Waals surface area contributed by atoms with E-state index in [1.165, 1.54) is 80.2 Å². The van der Waals surface area contributed by atoms with Crippen LogP contribution in [0.1, 0.15) is 99.3 Å². The Bertz CT molecular complexity index is 1540. The molecule has 0 N–H and O–H groups in total. The predicted molar refractivity (Wildman–Crippen MR) is 186 cm³/mol. The molecule has 0 saturated heterocycles. The van der Waals surface area contributed by atoms with Gasteiger partial charge in [-0.15, -0.1) is 39.7 Å². The molecule has 5 rings (SSSR count). The van der Waals surface area contributed by atoms with E-state index in [2.05, 4.69) is 141 Å². The number of allylic oxidation sites excluding steroid dienone is 4. The van der Waals surface area contributed by atoms with E-state index >= 15 is 0 Å². The molecule has 0 aromatic heterocycles. The van der Waals surface area contributed by atoms with Crippen LogP contribution in [0.3, 0.4) is 0 Å². The van der Waals surface area contributed by atoms with Gasteiger partial charge < -0.3 is 24.8 Å². The summed E-state index contributed by atoms with van der Waals surface area (Å²) in [6, 6.07) is 23.1. The molecular formula is C41H50Cl2F3Zr-3. The Balaban J connectivity index is 0.000000699. The largest absolute Gasteiger partial charge is 1.00 e. The van der Waals surface area contributed by atoms with Gasteiger partial charge in [0.25, 0.3) is 0 Å². The molecule has 4 aromatic rings. The van der Waals surface area contributed by atoms with E-state index in [1.807, 2.05) is 0 Å². The van der Waals surface area contributed by atoms with Crippen molar-refractivity contribution in [2.45, 2.75) is 99.6 Å². The van der Waals surface area contributed by atoms with Crippen LogP contribution >= 0.6 is 0 Å². The molecule has 0 spiro atoms. The summed E-state index contributed by atoms with van der Waals surface area (Å²) in [4.78, 5) is 0. The first-order valence-electron chi connectivity index (χ1n) is 15.6. The minimum Gasteiger partial charge on any atom is -1.00 e. The van der Waals surface area contributed by atoms with E-state index in [-0.39, 0.29) is 35.6 Å². The second-order valence-corrected chi connectivity index (χ2v) is 14.6. The van der Waals surface area contributed by atoms with E-state index in [0.29, 0.717) is 11.3 Å². The third kappa shape index (κ3) is 12.8. The molecule has 6 heteroatoms. The zero-order valence-corrected chi connectivity index (χ0v) is 33.8. The number of benzene rings is 3. The Morgan fingerprint density at radius 1 is 0.702 bits per heavy atom. The molecule has 0 aliphatic heterocycles. The van der Waals surface area contributed by atoms with Crippen molar-refractivity contribution in [1.29, 1.82) is 0 Å². The van der Waals surface area contributed by atoms with Crippen LogP contribution < -0.4 is 24.8 Å². The molecule has 0 nitrogen and oxygen atoms in total. The molecule has 0 radical (unpaired) electrons. The van der Waals surface area contributed by atoms with Crippen molar-refractivity contribution >= 4 is 25.8 Å². The van der Waals surface area contributed by atoms with Crippen LogP contribution in [0.25, 0.3) is 21.5 Å². The van der Waals surface area contributed by atoms with Crippen LogP contribution in [0, 0.1) is 23.5 Å². The van der Waals surface area contributed by atoms with Gasteiger partial charge in [-0.1, -0.05) is 135 Å². The molecule has 1 aliphatic rings. The molecule has 256 valence electrons. The first-order chi connectivity index (χ1) is 20.7. The number of fused-ring (bicyclic) bond motifs is 3. The molecule has 0 amide bonds. The summed E-state index contributed by atoms with van der Waals surface area (Å²) in [5.74, 6) is 0.522. The topological polar surface area (TPSA) is 0 Å². The van der Waals surface area contributed by atoms with Gasteiger partial charge in [0.05, 0.1) is 0 Å². The Morgan fingerprint density at radius 3 is 1.43 bits per heavy atom. The molecule has 0 saturated carbocycles. The second kappa shape index (κ2) is 18.2. The van der Waals surface area contributed by atoms with Crippen LogP contribution in [0.5, 0.6) is 0 Å². The van der Waals surface area contributed by atoms with Crippen LogP contribution in [0.2, 0.25) is 0 Å². The first kappa shape index (κ1) is 45.1. The molecule has 4 aromatic carbocycles. The van der Waals surface area contributed by atoms with Gasteiger partial charge >= 0.3 is 34.6 Å². The van der Waals surface area contributed by atoms with E-state index < -0.39 is 11.7 Å². The second-order valence-electron chi connectivity index (χ2n) is 14.6. The Morgan fingerprint density at radius 2 is 1.13 bits per heavy atom. The maximum atomic E-state index is 11.8. The first-order valence-corrected chi connectivity index (χ1v) is 17.3. The van der Waals surface area contributed by atoms with E-state index in [9.17, 15) is 13.2 Å². The average Bonchev–Trinajstić information content (AvgIpc) is 3.53. The van der Waals surface area contributed by atoms with Gasteiger partial charge in [-0.05, 0) is 10.8 Å². The van der Waals surface area contributed by atoms with Gasteiger partial charge in [-0.2, -0.15) is 55.2 Å². The Labute approximate surface area is 309 Å². The minimum absolute atomic E-state index is 0. The molecule has 47 heavy (non-hydrogen) atoms. The van der Waals surface area contributed by atoms with Gasteiger partial charge in [0.2, 0.25) is 0 Å². The van der Waals surface area contributed by atoms with E-state index in [1.54, 1.807) is 0 Å². The number of alkyl halides is 3. The normalized spacial score (nSPS) is 14.6. The summed E-state index contributed by atoms with van der Waals surface area (Å²) < 4.78 is 38.7. The summed E-state index contributed by atoms with van der Waals surface area (Å²) in [5, 5.41) is 5.48. The van der Waals surface area contributed by atoms with Crippen LogP contribution in [0.15, 0.2) is 84.0 Å². The zero-order valence-electron chi connectivity index (χ0n) is 29.8. The van der Waals surface area contributed by atoms with Gasteiger partial charge in [-0.3, -0.25) is 6.08 Å². The average molecular weight is 762 g/mol. The predicted octanol–water partition coefficient (Wildman–Crippen LogP) is 6.53. The van der Waals surface area contributed by atoms with E-state index in [4.69, 9.17) is 0 Å². The Kier molecular flexibility index (Phi) is 17.5. The summed E-state index contributed by atoms with van der Waals surface area (Å²) in [7, 11) is 0. The monoisotopic (exact) mass is 759 g/mol. The molecule has 0 fully saturated rings. The van der Waals surface area contributed by atoms with Gasteiger partial charge in [0.15, 0.2) is 0 Å². The maximum Gasteiger partial charge on any atom is -1.00 e. The number of rotatable bonds is 1. The third-order valence-electron chi connectivity index (χ3n) is 7.79. The van der Waals surface area contributed by atoms with Crippen LogP contribution in [0.4, 0.5) is 13.2 Å². The van der Waals surface area contributed by atoms with Crippen molar-refractivity contribution in [3.63, 3.8) is 0 Å². The number of halogens is 5. The third-order valence-corrected chi connectivity index (χ3v) is 7.79. The van der Waals surface area contributed by atoms with Crippen molar-refractivity contribution < 1.29 is 62.2 Å². The fraction of sp³-hybridized carbons (Fsp3) is 0.415. The van der Waals surface area contributed by atoms with Crippen molar-refractivity contribution in [3.8, 4) is 0 Å².